The Morgan fingerprint density at radius 2 is 2.17 bits per heavy atom. The van der Waals surface area contributed by atoms with Crippen LogP contribution in [0.15, 0.2) is 33.7 Å². The van der Waals surface area contributed by atoms with E-state index < -0.39 is 0 Å². The molecule has 0 saturated heterocycles. The van der Waals surface area contributed by atoms with Crippen LogP contribution in [0.5, 0.6) is 0 Å². The SMILES string of the molecule is CC1=C(C)C2C=CC(Cl)=CC2S1. The minimum Gasteiger partial charge on any atom is -0.122 e. The highest BCUT2D eigenvalue weighted by atomic mass is 35.5. The van der Waals surface area contributed by atoms with Gasteiger partial charge in [-0.05, 0) is 24.8 Å². The van der Waals surface area contributed by atoms with Gasteiger partial charge in [-0.3, -0.25) is 0 Å². The van der Waals surface area contributed by atoms with Crippen LogP contribution in [-0.2, 0) is 0 Å². The molecule has 1 aliphatic carbocycles. The molecule has 0 N–H and O–H groups in total. The van der Waals surface area contributed by atoms with E-state index in [9.17, 15) is 0 Å². The fraction of sp³-hybridized carbons (Fsp3) is 0.400. The molecular weight excluding hydrogens is 188 g/mol. The Labute approximate surface area is 82.4 Å². The van der Waals surface area contributed by atoms with Crippen molar-refractivity contribution in [1.82, 2.24) is 0 Å². The largest absolute Gasteiger partial charge is 0.122 e. The zero-order chi connectivity index (χ0) is 8.72. The van der Waals surface area contributed by atoms with Crippen molar-refractivity contribution in [3.8, 4) is 0 Å². The maximum atomic E-state index is 5.92. The van der Waals surface area contributed by atoms with Crippen LogP contribution in [0.25, 0.3) is 0 Å². The fourth-order valence-corrected chi connectivity index (χ4v) is 3.32. The van der Waals surface area contributed by atoms with Crippen molar-refractivity contribution < 1.29 is 0 Å². The van der Waals surface area contributed by atoms with E-state index in [4.69, 9.17) is 11.6 Å². The van der Waals surface area contributed by atoms with Gasteiger partial charge in [0.15, 0.2) is 0 Å². The molecule has 12 heavy (non-hydrogen) atoms. The summed E-state index contributed by atoms with van der Waals surface area (Å²) in [5.74, 6) is 0.595. The second kappa shape index (κ2) is 2.97. The monoisotopic (exact) mass is 198 g/mol. The number of hydrogen-bond donors (Lipinski definition) is 0. The van der Waals surface area contributed by atoms with Gasteiger partial charge in [-0.15, -0.1) is 11.8 Å². The molecule has 64 valence electrons. The Morgan fingerprint density at radius 3 is 2.92 bits per heavy atom. The van der Waals surface area contributed by atoms with Gasteiger partial charge in [-0.2, -0.15) is 0 Å². The molecule has 1 aliphatic heterocycles. The lowest BCUT2D eigenvalue weighted by molar-refractivity contribution is 0.795. The molecular formula is C10H11ClS. The molecule has 2 rings (SSSR count). The first-order chi connectivity index (χ1) is 5.68. The Balaban J connectivity index is 2.31. The average molecular weight is 199 g/mol. The number of fused-ring (bicyclic) bond motifs is 1. The van der Waals surface area contributed by atoms with Gasteiger partial charge >= 0.3 is 0 Å². The molecule has 1 heterocycles. The Bertz CT molecular complexity index is 299. The minimum atomic E-state index is 0.558. The lowest BCUT2D eigenvalue weighted by Gasteiger charge is -2.17. The minimum absolute atomic E-state index is 0.558. The topological polar surface area (TPSA) is 0 Å². The van der Waals surface area contributed by atoms with Gasteiger partial charge in [0, 0.05) is 16.2 Å². The third-order valence-corrected chi connectivity index (χ3v) is 4.14. The highest BCUT2D eigenvalue weighted by molar-refractivity contribution is 8.04. The molecule has 2 aliphatic rings. The first-order valence-corrected chi connectivity index (χ1v) is 5.34. The number of hydrogen-bond acceptors (Lipinski definition) is 1. The van der Waals surface area contributed by atoms with E-state index in [2.05, 4.69) is 26.0 Å². The normalized spacial score (nSPS) is 33.8. The summed E-state index contributed by atoms with van der Waals surface area (Å²) < 4.78 is 0. The van der Waals surface area contributed by atoms with E-state index in [1.54, 1.807) is 0 Å². The lowest BCUT2D eigenvalue weighted by Crippen LogP contribution is -2.11. The van der Waals surface area contributed by atoms with E-state index in [0.717, 1.165) is 5.03 Å². The molecule has 0 nitrogen and oxygen atoms in total. The molecule has 0 aromatic carbocycles. The summed E-state index contributed by atoms with van der Waals surface area (Å²) in [7, 11) is 0. The zero-order valence-electron chi connectivity index (χ0n) is 7.17. The van der Waals surface area contributed by atoms with Crippen LogP contribution in [0.1, 0.15) is 13.8 Å². The predicted molar refractivity (Wildman–Crippen MR) is 56.3 cm³/mol. The molecule has 0 aromatic rings. The average Bonchev–Trinajstić information content (AvgIpc) is 2.28. The molecule has 0 amide bonds. The van der Waals surface area contributed by atoms with E-state index in [0.29, 0.717) is 11.2 Å². The first kappa shape index (κ1) is 8.46. The summed E-state index contributed by atoms with van der Waals surface area (Å²) >= 11 is 7.85. The highest BCUT2D eigenvalue weighted by Gasteiger charge is 2.29. The molecule has 0 aromatic heterocycles. The quantitative estimate of drug-likeness (QED) is 0.572. The number of allylic oxidation sites excluding steroid dienone is 5. The summed E-state index contributed by atoms with van der Waals surface area (Å²) in [6, 6.07) is 0. The van der Waals surface area contributed by atoms with Crippen LogP contribution in [0.4, 0.5) is 0 Å². The summed E-state index contributed by atoms with van der Waals surface area (Å²) in [6.45, 7) is 4.40. The van der Waals surface area contributed by atoms with Gasteiger partial charge in [0.25, 0.3) is 0 Å². The maximum Gasteiger partial charge on any atom is 0.0388 e. The van der Waals surface area contributed by atoms with Crippen molar-refractivity contribution >= 4 is 23.4 Å². The fourth-order valence-electron chi connectivity index (χ4n) is 1.65. The summed E-state index contributed by atoms with van der Waals surface area (Å²) in [4.78, 5) is 1.46. The second-order valence-electron chi connectivity index (χ2n) is 3.26. The van der Waals surface area contributed by atoms with E-state index in [-0.39, 0.29) is 0 Å². The van der Waals surface area contributed by atoms with Crippen molar-refractivity contribution in [2.75, 3.05) is 0 Å². The second-order valence-corrected chi connectivity index (χ2v) is 5.09. The molecule has 2 heteroatoms. The van der Waals surface area contributed by atoms with Crippen LogP contribution in [0.3, 0.4) is 0 Å². The number of rotatable bonds is 0. The van der Waals surface area contributed by atoms with Crippen molar-refractivity contribution in [2.24, 2.45) is 5.92 Å². The smallest absolute Gasteiger partial charge is 0.0388 e. The van der Waals surface area contributed by atoms with Gasteiger partial charge in [-0.25, -0.2) is 0 Å². The van der Waals surface area contributed by atoms with Gasteiger partial charge < -0.3 is 0 Å². The number of halogens is 1. The van der Waals surface area contributed by atoms with Gasteiger partial charge in [-0.1, -0.05) is 29.3 Å². The lowest BCUT2D eigenvalue weighted by atomic mass is 9.93. The predicted octanol–water partition coefficient (Wildman–Crippen LogP) is 3.70. The standard InChI is InChI=1S/C10H11ClS/c1-6-7(2)12-10-5-8(11)3-4-9(6)10/h3-5,9-10H,1-2H3. The molecule has 2 unspecified atom stereocenters. The van der Waals surface area contributed by atoms with Crippen LogP contribution in [-0.4, -0.2) is 5.25 Å². The molecule has 0 radical (unpaired) electrons. The molecule has 0 fully saturated rings. The van der Waals surface area contributed by atoms with Crippen molar-refractivity contribution in [2.45, 2.75) is 19.1 Å². The van der Waals surface area contributed by atoms with Gasteiger partial charge in [0.2, 0.25) is 0 Å². The maximum absolute atomic E-state index is 5.92. The molecule has 0 saturated carbocycles. The van der Waals surface area contributed by atoms with Crippen LogP contribution >= 0.6 is 23.4 Å². The van der Waals surface area contributed by atoms with Crippen molar-refractivity contribution in [1.29, 1.82) is 0 Å². The molecule has 2 atom stereocenters. The van der Waals surface area contributed by atoms with Crippen LogP contribution in [0.2, 0.25) is 0 Å². The first-order valence-electron chi connectivity index (χ1n) is 4.08. The molecule has 0 bridgehead atoms. The zero-order valence-corrected chi connectivity index (χ0v) is 8.75. The Morgan fingerprint density at radius 1 is 1.42 bits per heavy atom. The summed E-state index contributed by atoms with van der Waals surface area (Å²) in [5.41, 5.74) is 1.50. The van der Waals surface area contributed by atoms with Crippen molar-refractivity contribution in [3.63, 3.8) is 0 Å². The van der Waals surface area contributed by atoms with Crippen LogP contribution in [0, 0.1) is 5.92 Å². The van der Waals surface area contributed by atoms with E-state index in [1.807, 2.05) is 17.8 Å². The van der Waals surface area contributed by atoms with E-state index in [1.165, 1.54) is 10.5 Å². The Hall–Kier alpha value is -0.140. The van der Waals surface area contributed by atoms with Crippen LogP contribution < -0.4 is 0 Å². The highest BCUT2D eigenvalue weighted by Crippen LogP contribution is 2.45. The number of thioether (sulfide) groups is 1. The third-order valence-electron chi connectivity index (χ3n) is 2.51. The van der Waals surface area contributed by atoms with Gasteiger partial charge in [0.05, 0.1) is 0 Å². The third kappa shape index (κ3) is 1.25. The molecule has 0 spiro atoms. The summed E-state index contributed by atoms with van der Waals surface area (Å²) in [5, 5.41) is 1.44. The van der Waals surface area contributed by atoms with Gasteiger partial charge in [0.1, 0.15) is 0 Å². The summed E-state index contributed by atoms with van der Waals surface area (Å²) in [6.07, 6.45) is 6.37. The Kier molecular flexibility index (Phi) is 2.09. The van der Waals surface area contributed by atoms with Crippen molar-refractivity contribution in [3.05, 3.63) is 33.7 Å². The van der Waals surface area contributed by atoms with E-state index >= 15 is 0 Å².